The van der Waals surface area contributed by atoms with Crippen molar-refractivity contribution in [3.05, 3.63) is 40.9 Å². The largest absolute Gasteiger partial charge is 0.481 e. The molecule has 1 N–H and O–H groups in total. The molecule has 2 aromatic rings. The fraction of sp³-hybridized carbons (Fsp3) is 0.421. The van der Waals surface area contributed by atoms with E-state index < -0.39 is 12.1 Å². The van der Waals surface area contributed by atoms with E-state index in [-0.39, 0.29) is 18.7 Å². The van der Waals surface area contributed by atoms with Crippen molar-refractivity contribution in [2.45, 2.75) is 32.3 Å². The predicted molar refractivity (Wildman–Crippen MR) is 99.2 cm³/mol. The van der Waals surface area contributed by atoms with Gasteiger partial charge in [-0.15, -0.1) is 11.3 Å². The lowest BCUT2D eigenvalue weighted by atomic mass is 10.1. The number of morpholine rings is 1. The normalized spacial score (nSPS) is 17.3. The summed E-state index contributed by atoms with van der Waals surface area (Å²) in [5.41, 5.74) is 3.08. The summed E-state index contributed by atoms with van der Waals surface area (Å²) in [4.78, 5) is 29.6. The average Bonchev–Trinajstić information content (AvgIpc) is 3.10. The summed E-state index contributed by atoms with van der Waals surface area (Å²) in [6.07, 6.45) is 0.704. The van der Waals surface area contributed by atoms with Gasteiger partial charge in [0.05, 0.1) is 31.2 Å². The molecule has 2 heterocycles. The molecule has 26 heavy (non-hydrogen) atoms. The number of hydrogen-bond acceptors (Lipinski definition) is 5. The Labute approximate surface area is 156 Å². The number of nitrogens with zero attached hydrogens (tertiary/aromatic N) is 2. The summed E-state index contributed by atoms with van der Waals surface area (Å²) < 4.78 is 5.41. The van der Waals surface area contributed by atoms with Crippen molar-refractivity contribution in [2.75, 3.05) is 19.7 Å². The van der Waals surface area contributed by atoms with Crippen LogP contribution in [0.4, 0.5) is 0 Å². The van der Waals surface area contributed by atoms with E-state index in [0.717, 1.165) is 22.7 Å². The van der Waals surface area contributed by atoms with Crippen molar-refractivity contribution < 1.29 is 19.4 Å². The predicted octanol–water partition coefficient (Wildman–Crippen LogP) is 2.62. The molecule has 1 aliphatic heterocycles. The first-order valence-electron chi connectivity index (χ1n) is 8.70. The zero-order valence-corrected chi connectivity index (χ0v) is 15.5. The van der Waals surface area contributed by atoms with Gasteiger partial charge in [0.15, 0.2) is 0 Å². The molecule has 138 valence electrons. The van der Waals surface area contributed by atoms with E-state index in [0.29, 0.717) is 19.7 Å². The molecule has 0 bridgehead atoms. The number of aliphatic carboxylic acids is 1. The lowest BCUT2D eigenvalue weighted by Crippen LogP contribution is -2.46. The van der Waals surface area contributed by atoms with Gasteiger partial charge in [-0.2, -0.15) is 0 Å². The minimum absolute atomic E-state index is 0.0399. The number of thiazole rings is 1. The van der Waals surface area contributed by atoms with Crippen LogP contribution in [0.1, 0.15) is 24.6 Å². The molecule has 0 spiro atoms. The molecule has 1 aromatic heterocycles. The van der Waals surface area contributed by atoms with Crippen LogP contribution < -0.4 is 0 Å². The fourth-order valence-corrected chi connectivity index (χ4v) is 3.76. The number of hydrogen-bond donors (Lipinski definition) is 1. The quantitative estimate of drug-likeness (QED) is 0.841. The van der Waals surface area contributed by atoms with Gasteiger partial charge in [0.2, 0.25) is 5.91 Å². The fourth-order valence-electron chi connectivity index (χ4n) is 2.93. The maximum Gasteiger partial charge on any atom is 0.306 e. The number of carboxylic acid groups (broad SMARTS) is 1. The molecule has 0 aliphatic carbocycles. The maximum atomic E-state index is 12.5. The van der Waals surface area contributed by atoms with Crippen LogP contribution in [0.3, 0.4) is 0 Å². The van der Waals surface area contributed by atoms with Gasteiger partial charge in [-0.3, -0.25) is 9.59 Å². The van der Waals surface area contributed by atoms with E-state index in [4.69, 9.17) is 9.84 Å². The number of ether oxygens (including phenoxy) is 1. The SMILES string of the molecule is CCc1ccc(-c2nc(CC(=O)N3CCOC(CC(=O)O)C3)cs2)cc1. The van der Waals surface area contributed by atoms with Crippen LogP contribution in [0.5, 0.6) is 0 Å². The minimum atomic E-state index is -0.914. The Morgan fingerprint density at radius 2 is 2.12 bits per heavy atom. The zero-order valence-electron chi connectivity index (χ0n) is 14.7. The second-order valence-corrected chi connectivity index (χ2v) is 7.16. The number of amides is 1. The van der Waals surface area contributed by atoms with Crippen LogP contribution in [0.2, 0.25) is 0 Å². The Hall–Kier alpha value is -2.25. The van der Waals surface area contributed by atoms with Crippen molar-refractivity contribution >= 4 is 23.2 Å². The number of carboxylic acids is 1. The first kappa shape index (κ1) is 18.5. The highest BCUT2D eigenvalue weighted by Crippen LogP contribution is 2.24. The molecule has 0 radical (unpaired) electrons. The van der Waals surface area contributed by atoms with Gasteiger partial charge in [-0.1, -0.05) is 31.2 Å². The van der Waals surface area contributed by atoms with E-state index in [2.05, 4.69) is 36.2 Å². The van der Waals surface area contributed by atoms with Gasteiger partial charge >= 0.3 is 5.97 Å². The molecule has 6 nitrogen and oxygen atoms in total. The highest BCUT2D eigenvalue weighted by molar-refractivity contribution is 7.13. The third kappa shape index (κ3) is 4.68. The summed E-state index contributed by atoms with van der Waals surface area (Å²) in [6, 6.07) is 8.30. The van der Waals surface area contributed by atoms with Gasteiger partial charge in [-0.05, 0) is 12.0 Å². The second kappa shape index (κ2) is 8.42. The monoisotopic (exact) mass is 374 g/mol. The summed E-state index contributed by atoms with van der Waals surface area (Å²) in [5, 5.41) is 11.7. The first-order valence-corrected chi connectivity index (χ1v) is 9.58. The summed E-state index contributed by atoms with van der Waals surface area (Å²) in [6.45, 7) is 3.30. The number of benzene rings is 1. The summed E-state index contributed by atoms with van der Waals surface area (Å²) >= 11 is 1.53. The van der Waals surface area contributed by atoms with Gasteiger partial charge in [0.25, 0.3) is 0 Å². The third-order valence-corrected chi connectivity index (χ3v) is 5.33. The molecule has 1 aromatic carbocycles. The standard InChI is InChI=1S/C19H22N2O4S/c1-2-13-3-5-14(6-4-13)19-20-15(12-26-19)9-17(22)21-7-8-25-16(11-21)10-18(23)24/h3-6,12,16H,2,7-11H2,1H3,(H,23,24). The van der Waals surface area contributed by atoms with Crippen LogP contribution in [-0.2, 0) is 27.2 Å². The van der Waals surface area contributed by atoms with Gasteiger partial charge < -0.3 is 14.7 Å². The van der Waals surface area contributed by atoms with Gasteiger partial charge in [0, 0.05) is 24.0 Å². The van der Waals surface area contributed by atoms with Crippen molar-refractivity contribution in [2.24, 2.45) is 0 Å². The summed E-state index contributed by atoms with van der Waals surface area (Å²) in [5.74, 6) is -0.954. The molecule has 1 atom stereocenters. The van der Waals surface area contributed by atoms with Crippen molar-refractivity contribution in [3.8, 4) is 10.6 Å². The van der Waals surface area contributed by atoms with E-state index in [9.17, 15) is 9.59 Å². The van der Waals surface area contributed by atoms with Crippen molar-refractivity contribution in [1.82, 2.24) is 9.88 Å². The van der Waals surface area contributed by atoms with Crippen molar-refractivity contribution in [3.63, 3.8) is 0 Å². The maximum absolute atomic E-state index is 12.5. The van der Waals surface area contributed by atoms with Crippen molar-refractivity contribution in [1.29, 1.82) is 0 Å². The van der Waals surface area contributed by atoms with Crippen LogP contribution in [0.15, 0.2) is 29.6 Å². The Kier molecular flexibility index (Phi) is 6.00. The molecule has 1 amide bonds. The molecule has 7 heteroatoms. The minimum Gasteiger partial charge on any atom is -0.481 e. The number of aromatic nitrogens is 1. The zero-order chi connectivity index (χ0) is 18.5. The number of rotatable bonds is 6. The van der Waals surface area contributed by atoms with E-state index >= 15 is 0 Å². The molecule has 1 saturated heterocycles. The van der Waals surface area contributed by atoms with Gasteiger partial charge in [0.1, 0.15) is 5.01 Å². The molecule has 1 aliphatic rings. The Morgan fingerprint density at radius 1 is 1.35 bits per heavy atom. The highest BCUT2D eigenvalue weighted by atomic mass is 32.1. The van der Waals surface area contributed by atoms with E-state index in [1.165, 1.54) is 16.9 Å². The second-order valence-electron chi connectivity index (χ2n) is 6.30. The first-order chi connectivity index (χ1) is 12.5. The lowest BCUT2D eigenvalue weighted by molar-refractivity contribution is -0.147. The highest BCUT2D eigenvalue weighted by Gasteiger charge is 2.26. The number of aryl methyl sites for hydroxylation is 1. The summed E-state index contributed by atoms with van der Waals surface area (Å²) in [7, 11) is 0. The topological polar surface area (TPSA) is 79.7 Å². The van der Waals surface area contributed by atoms with E-state index in [1.54, 1.807) is 4.90 Å². The van der Waals surface area contributed by atoms with Crippen LogP contribution in [0.25, 0.3) is 10.6 Å². The van der Waals surface area contributed by atoms with Gasteiger partial charge in [-0.25, -0.2) is 4.98 Å². The Bertz CT molecular complexity index is 772. The Morgan fingerprint density at radius 3 is 2.81 bits per heavy atom. The number of carbonyl (C=O) groups excluding carboxylic acids is 1. The molecule has 1 unspecified atom stereocenters. The smallest absolute Gasteiger partial charge is 0.306 e. The van der Waals surface area contributed by atoms with Crippen LogP contribution in [-0.4, -0.2) is 52.7 Å². The molecule has 3 rings (SSSR count). The van der Waals surface area contributed by atoms with Crippen LogP contribution >= 0.6 is 11.3 Å². The van der Waals surface area contributed by atoms with E-state index in [1.807, 2.05) is 5.38 Å². The number of carbonyl (C=O) groups is 2. The Balaban J connectivity index is 1.61. The molecule has 0 saturated carbocycles. The molecule has 1 fully saturated rings. The van der Waals surface area contributed by atoms with Crippen LogP contribution in [0, 0.1) is 0 Å². The average molecular weight is 374 g/mol. The lowest BCUT2D eigenvalue weighted by Gasteiger charge is -2.32. The third-order valence-electron chi connectivity index (χ3n) is 4.39. The molecular formula is C19H22N2O4S. The molecular weight excluding hydrogens is 352 g/mol.